The fourth-order valence-corrected chi connectivity index (χ4v) is 9.22. The van der Waals surface area contributed by atoms with Crippen LogP contribution in [0.2, 0.25) is 0 Å². The van der Waals surface area contributed by atoms with Gasteiger partial charge in [-0.05, 0) is 110 Å². The smallest absolute Gasteiger partial charge is 0.417 e. The van der Waals surface area contributed by atoms with E-state index in [0.717, 1.165) is 38.7 Å². The number of nitrogens with zero attached hydrogens (tertiary/aromatic N) is 5. The highest BCUT2D eigenvalue weighted by Gasteiger charge is 2.51. The minimum Gasteiger partial charge on any atom is -0.478 e. The highest BCUT2D eigenvalue weighted by molar-refractivity contribution is 7.81. The van der Waals surface area contributed by atoms with Crippen LogP contribution in [0.3, 0.4) is 0 Å². The molecule has 1 aromatic heterocycles. The number of nitrogens with one attached hydrogen (secondary N) is 2. The summed E-state index contributed by atoms with van der Waals surface area (Å²) in [7, 11) is 0. The van der Waals surface area contributed by atoms with E-state index in [1.165, 1.54) is 43.0 Å². The van der Waals surface area contributed by atoms with E-state index in [1.807, 2.05) is 58.9 Å². The first-order valence-corrected chi connectivity index (χ1v) is 22.9. The Balaban J connectivity index is 0.969. The lowest BCUT2D eigenvalue weighted by Gasteiger charge is -2.35. The van der Waals surface area contributed by atoms with Gasteiger partial charge in [0.25, 0.3) is 5.91 Å². The van der Waals surface area contributed by atoms with Crippen molar-refractivity contribution < 1.29 is 46.2 Å². The van der Waals surface area contributed by atoms with Crippen LogP contribution in [-0.4, -0.2) is 82.6 Å². The molecule has 69 heavy (non-hydrogen) atoms. The number of hydrogen-bond donors (Lipinski definition) is 2. The summed E-state index contributed by atoms with van der Waals surface area (Å²) < 4.78 is 67.3. The normalized spacial score (nSPS) is 17.0. The number of anilines is 2. The molecule has 4 aromatic rings. The minimum atomic E-state index is -4.87. The number of likely N-dealkylation sites (tertiary alicyclic amines) is 1. The number of rotatable bonds is 13. The number of carbonyl (C=O) groups excluding carboxylic acids is 4. The van der Waals surface area contributed by atoms with E-state index in [2.05, 4.69) is 39.3 Å². The maximum absolute atomic E-state index is 15.3. The second-order valence-corrected chi connectivity index (χ2v) is 19.3. The number of thiazole rings is 1. The molecule has 6 rings (SSSR count). The molecule has 0 aliphatic carbocycles. The molecule has 3 heterocycles. The van der Waals surface area contributed by atoms with Gasteiger partial charge in [0.2, 0.25) is 17.7 Å². The summed E-state index contributed by atoms with van der Waals surface area (Å²) in [4.78, 5) is 63.2. The fourth-order valence-electron chi connectivity index (χ4n) is 7.89. The Morgan fingerprint density at radius 2 is 1.70 bits per heavy atom. The second kappa shape index (κ2) is 21.2. The average Bonchev–Trinajstić information content (AvgIpc) is 3.95. The van der Waals surface area contributed by atoms with E-state index in [9.17, 15) is 37.6 Å². The van der Waals surface area contributed by atoms with Crippen molar-refractivity contribution in [3.8, 4) is 45.9 Å². The molecule has 360 valence electrons. The Hall–Kier alpha value is -6.85. The van der Waals surface area contributed by atoms with Crippen LogP contribution >= 0.6 is 23.6 Å². The van der Waals surface area contributed by atoms with Crippen molar-refractivity contribution >= 4 is 63.7 Å². The number of aryl methyl sites for hydroxylation is 1. The first-order chi connectivity index (χ1) is 32.5. The van der Waals surface area contributed by atoms with Gasteiger partial charge in [-0.15, -0.1) is 11.3 Å². The van der Waals surface area contributed by atoms with Gasteiger partial charge < -0.3 is 29.9 Å². The van der Waals surface area contributed by atoms with Crippen LogP contribution in [0.25, 0.3) is 10.4 Å². The minimum absolute atomic E-state index is 0.0672. The summed E-state index contributed by atoms with van der Waals surface area (Å²) in [5, 5.41) is 14.8. The monoisotopic (exact) mass is 983 g/mol. The topological polar surface area (TPSA) is 157 Å². The number of carbonyl (C=O) groups is 4. The van der Waals surface area contributed by atoms with Crippen LogP contribution in [0.5, 0.6) is 5.75 Å². The molecule has 19 heteroatoms. The molecule has 3 atom stereocenters. The van der Waals surface area contributed by atoms with Gasteiger partial charge in [0.15, 0.2) is 16.7 Å². The molecular weight excluding hydrogens is 935 g/mol. The maximum atomic E-state index is 15.3. The first-order valence-electron chi connectivity index (χ1n) is 21.7. The van der Waals surface area contributed by atoms with Crippen LogP contribution in [0.1, 0.15) is 70.3 Å². The molecular formula is C50H49F4N7O6S2. The molecule has 2 aliphatic heterocycles. The number of ether oxygens (including phenoxy) is 2. The van der Waals surface area contributed by atoms with E-state index in [-0.39, 0.29) is 59.7 Å². The lowest BCUT2D eigenvalue weighted by molar-refractivity contribution is -0.144. The maximum Gasteiger partial charge on any atom is 0.417 e. The van der Waals surface area contributed by atoms with Gasteiger partial charge in [-0.1, -0.05) is 57.9 Å². The van der Waals surface area contributed by atoms with Gasteiger partial charge in [0.05, 0.1) is 39.0 Å². The third-order valence-electron chi connectivity index (χ3n) is 11.4. The van der Waals surface area contributed by atoms with Crippen molar-refractivity contribution in [2.75, 3.05) is 36.2 Å². The Kier molecular flexibility index (Phi) is 15.8. The SMILES string of the molecule is Cc1ncsc1-c1ccc(CNC(=O)[C@@H]2C[C@@H](C)CN2C(=O)[C@@H](NC(=O)COCC#CC#CCOc2ccc(N3C(=S)N(c4ccc(C#N)c(C(F)(F)F)c4)C(=O)C3(C)C)cc2F)C(C)(C)C)cc1. The van der Waals surface area contributed by atoms with E-state index < -0.39 is 64.6 Å². The first kappa shape index (κ1) is 51.5. The number of hydrogen-bond acceptors (Lipinski definition) is 10. The number of alkyl halides is 3. The number of benzene rings is 3. The molecule has 2 aliphatic rings. The third-order valence-corrected chi connectivity index (χ3v) is 12.8. The van der Waals surface area contributed by atoms with Crippen molar-refractivity contribution in [2.45, 2.75) is 85.2 Å². The van der Waals surface area contributed by atoms with Crippen LogP contribution in [-0.2, 0) is 36.6 Å². The molecule has 0 radical (unpaired) electrons. The van der Waals surface area contributed by atoms with E-state index in [0.29, 0.717) is 19.0 Å². The van der Waals surface area contributed by atoms with Gasteiger partial charge in [-0.25, -0.2) is 9.37 Å². The molecule has 2 saturated heterocycles. The van der Waals surface area contributed by atoms with Crippen molar-refractivity contribution in [2.24, 2.45) is 11.3 Å². The van der Waals surface area contributed by atoms with Gasteiger partial charge in [0, 0.05) is 24.8 Å². The molecule has 0 saturated carbocycles. The van der Waals surface area contributed by atoms with Crippen LogP contribution in [0.4, 0.5) is 28.9 Å². The van der Waals surface area contributed by atoms with Crippen molar-refractivity contribution in [1.29, 1.82) is 5.26 Å². The summed E-state index contributed by atoms with van der Waals surface area (Å²) in [6.07, 6.45) is -4.38. The summed E-state index contributed by atoms with van der Waals surface area (Å²) in [6.45, 7) is 12.2. The zero-order valence-corrected chi connectivity index (χ0v) is 40.5. The molecule has 2 N–H and O–H groups in total. The fraction of sp³-hybridized carbons (Fsp3) is 0.380. The molecule has 4 amide bonds. The zero-order chi connectivity index (χ0) is 50.4. The van der Waals surface area contributed by atoms with Crippen molar-refractivity contribution in [3.05, 3.63) is 94.4 Å². The lowest BCUT2D eigenvalue weighted by atomic mass is 9.85. The predicted octanol–water partition coefficient (Wildman–Crippen LogP) is 7.55. The summed E-state index contributed by atoms with van der Waals surface area (Å²) >= 11 is 7.09. The van der Waals surface area contributed by atoms with E-state index >= 15 is 4.39 Å². The van der Waals surface area contributed by atoms with Crippen LogP contribution in [0.15, 0.2) is 66.2 Å². The molecule has 0 bridgehead atoms. The third kappa shape index (κ3) is 11.9. The molecule has 2 fully saturated rings. The van der Waals surface area contributed by atoms with Gasteiger partial charge in [-0.2, -0.15) is 18.4 Å². The van der Waals surface area contributed by atoms with Crippen LogP contribution < -0.4 is 25.2 Å². The summed E-state index contributed by atoms with van der Waals surface area (Å²) in [5.74, 6) is 7.57. The Morgan fingerprint density at radius 1 is 1.01 bits per heavy atom. The highest BCUT2D eigenvalue weighted by atomic mass is 32.1. The van der Waals surface area contributed by atoms with Crippen molar-refractivity contribution in [1.82, 2.24) is 20.5 Å². The Morgan fingerprint density at radius 3 is 2.32 bits per heavy atom. The zero-order valence-electron chi connectivity index (χ0n) is 38.8. The molecule has 0 spiro atoms. The Bertz CT molecular complexity index is 2810. The number of nitriles is 1. The van der Waals surface area contributed by atoms with E-state index in [1.54, 1.807) is 21.7 Å². The second-order valence-electron chi connectivity index (χ2n) is 18.1. The van der Waals surface area contributed by atoms with Gasteiger partial charge in [0.1, 0.15) is 37.4 Å². The highest BCUT2D eigenvalue weighted by Crippen LogP contribution is 2.40. The molecule has 0 unspecified atom stereocenters. The summed E-state index contributed by atoms with van der Waals surface area (Å²) in [5.41, 5.74) is 0.669. The number of thiocarbonyl (C=S) groups is 1. The molecule has 3 aromatic carbocycles. The summed E-state index contributed by atoms with van der Waals surface area (Å²) in [6, 6.07) is 14.3. The quantitative estimate of drug-likeness (QED) is 0.0594. The lowest BCUT2D eigenvalue weighted by Crippen LogP contribution is -2.58. The standard InChI is InChI=1S/C50H49F4N7O6S2/c1-30-22-39(44(63)56-26-32-12-14-33(15-13-32)42-31(2)57-29-69-42)59(27-30)45(64)43(48(3,4)5)58-41(62)28-66-20-10-8-9-11-21-67-40-19-18-36(24-38(40)51)61-47(68)60(46(65)49(61,6)7)35-17-16-34(25-55)37(23-35)50(52,53)54/h12-19,23-24,29-30,39,43H,20-22,26-28H2,1-7H3,(H,56,63)(H,58,62)/t30-,39+,43-/m1/s1. The van der Waals surface area contributed by atoms with Crippen molar-refractivity contribution in [3.63, 3.8) is 0 Å². The number of halogens is 4. The van der Waals surface area contributed by atoms with Gasteiger partial charge in [-0.3, -0.25) is 24.1 Å². The molecule has 13 nitrogen and oxygen atoms in total. The number of amides is 4. The van der Waals surface area contributed by atoms with Gasteiger partial charge >= 0.3 is 6.18 Å². The number of aromatic nitrogens is 1. The van der Waals surface area contributed by atoms with Crippen LogP contribution in [0, 0.1) is 59.1 Å². The largest absolute Gasteiger partial charge is 0.478 e. The predicted molar refractivity (Wildman–Crippen MR) is 256 cm³/mol. The van der Waals surface area contributed by atoms with E-state index in [4.69, 9.17) is 21.7 Å². The Labute approximate surface area is 407 Å². The average molecular weight is 984 g/mol.